The third-order valence-electron chi connectivity index (χ3n) is 3.13. The predicted molar refractivity (Wildman–Crippen MR) is 76.3 cm³/mol. The van der Waals surface area contributed by atoms with E-state index in [1.807, 2.05) is 0 Å². The van der Waals surface area contributed by atoms with Gasteiger partial charge in [-0.2, -0.15) is 4.31 Å². The van der Waals surface area contributed by atoms with Gasteiger partial charge >= 0.3 is 0 Å². The molecule has 0 amide bonds. The van der Waals surface area contributed by atoms with Crippen molar-refractivity contribution in [3.63, 3.8) is 0 Å². The molecule has 0 aliphatic carbocycles. The Labute approximate surface area is 121 Å². The van der Waals surface area contributed by atoms with Crippen LogP contribution in [-0.4, -0.2) is 25.8 Å². The first kappa shape index (κ1) is 14.3. The zero-order chi connectivity index (χ0) is 13.3. The topological polar surface area (TPSA) is 37.4 Å². The molecular formula is C12H15BrClNO2S. The van der Waals surface area contributed by atoms with Crippen molar-refractivity contribution >= 4 is 37.6 Å². The third-order valence-corrected chi connectivity index (χ3v) is 5.97. The Kier molecular flexibility index (Phi) is 4.36. The summed E-state index contributed by atoms with van der Waals surface area (Å²) in [6, 6.07) is 4.87. The Bertz CT molecular complexity index is 547. The zero-order valence-electron chi connectivity index (χ0n) is 10.1. The van der Waals surface area contributed by atoms with Gasteiger partial charge in [0.2, 0.25) is 10.0 Å². The zero-order valence-corrected chi connectivity index (χ0v) is 13.2. The second-order valence-corrected chi connectivity index (χ2v) is 7.91. The van der Waals surface area contributed by atoms with Gasteiger partial charge in [-0.1, -0.05) is 34.5 Å². The Morgan fingerprint density at radius 3 is 2.78 bits per heavy atom. The fourth-order valence-electron chi connectivity index (χ4n) is 2.19. The molecule has 1 atom stereocenters. The molecule has 1 aromatic carbocycles. The maximum absolute atomic E-state index is 12.5. The van der Waals surface area contributed by atoms with Gasteiger partial charge < -0.3 is 0 Å². The van der Waals surface area contributed by atoms with E-state index in [1.165, 1.54) is 4.31 Å². The smallest absolute Gasteiger partial charge is 0.207 e. The highest BCUT2D eigenvalue weighted by molar-refractivity contribution is 9.10. The maximum atomic E-state index is 12.5. The first-order chi connectivity index (χ1) is 8.41. The highest BCUT2D eigenvalue weighted by Crippen LogP contribution is 2.30. The molecule has 1 heterocycles. The highest BCUT2D eigenvalue weighted by atomic mass is 79.9. The lowest BCUT2D eigenvalue weighted by Crippen LogP contribution is -2.39. The van der Waals surface area contributed by atoms with E-state index in [0.29, 0.717) is 19.0 Å². The van der Waals surface area contributed by atoms with E-state index in [9.17, 15) is 8.42 Å². The summed E-state index contributed by atoms with van der Waals surface area (Å²) in [7, 11) is -3.46. The Morgan fingerprint density at radius 2 is 2.17 bits per heavy atom. The fourth-order valence-corrected chi connectivity index (χ4v) is 4.80. The van der Waals surface area contributed by atoms with Crippen LogP contribution in [0.25, 0.3) is 0 Å². The van der Waals surface area contributed by atoms with Gasteiger partial charge in [-0.05, 0) is 37.0 Å². The molecular weight excluding hydrogens is 338 g/mol. The van der Waals surface area contributed by atoms with Gasteiger partial charge in [0.15, 0.2) is 0 Å². The minimum absolute atomic E-state index is 0.196. The average Bonchev–Trinajstić information content (AvgIpc) is 2.28. The molecule has 0 bridgehead atoms. The molecule has 1 unspecified atom stereocenters. The van der Waals surface area contributed by atoms with Gasteiger partial charge in [0.05, 0.1) is 5.02 Å². The predicted octanol–water partition coefficient (Wildman–Crippen LogP) is 3.52. The van der Waals surface area contributed by atoms with Crippen LogP contribution >= 0.6 is 27.5 Å². The Morgan fingerprint density at radius 1 is 1.44 bits per heavy atom. The van der Waals surface area contributed by atoms with Gasteiger partial charge in [0.1, 0.15) is 4.90 Å². The Hall–Kier alpha value is -0.100. The van der Waals surface area contributed by atoms with E-state index in [2.05, 4.69) is 22.9 Å². The summed E-state index contributed by atoms with van der Waals surface area (Å²) in [5.74, 6) is 0.405. The van der Waals surface area contributed by atoms with Crippen LogP contribution in [0.15, 0.2) is 27.6 Å². The SMILES string of the molecule is CC1CCCN(S(=O)(=O)c2ccc(Br)cc2Cl)C1. The van der Waals surface area contributed by atoms with E-state index in [-0.39, 0.29) is 9.92 Å². The number of hydrogen-bond acceptors (Lipinski definition) is 2. The molecule has 6 heteroatoms. The normalized spacial score (nSPS) is 22.1. The van der Waals surface area contributed by atoms with Crippen LogP contribution < -0.4 is 0 Å². The average molecular weight is 353 g/mol. The van der Waals surface area contributed by atoms with Crippen molar-refractivity contribution in [2.24, 2.45) is 5.92 Å². The molecule has 18 heavy (non-hydrogen) atoms. The fraction of sp³-hybridized carbons (Fsp3) is 0.500. The molecule has 100 valence electrons. The molecule has 0 radical (unpaired) electrons. The second-order valence-electron chi connectivity index (χ2n) is 4.69. The van der Waals surface area contributed by atoms with E-state index < -0.39 is 10.0 Å². The number of nitrogens with zero attached hydrogens (tertiary/aromatic N) is 1. The molecule has 1 fully saturated rings. The molecule has 0 spiro atoms. The van der Waals surface area contributed by atoms with Crippen LogP contribution in [0.4, 0.5) is 0 Å². The number of piperidine rings is 1. The number of rotatable bonds is 2. The molecule has 0 N–H and O–H groups in total. The minimum Gasteiger partial charge on any atom is -0.207 e. The number of hydrogen-bond donors (Lipinski definition) is 0. The molecule has 1 aliphatic heterocycles. The summed E-state index contributed by atoms with van der Waals surface area (Å²) < 4.78 is 27.3. The summed E-state index contributed by atoms with van der Waals surface area (Å²) in [6.45, 7) is 3.23. The van der Waals surface area contributed by atoms with Gasteiger partial charge in [0.25, 0.3) is 0 Å². The molecule has 1 aromatic rings. The van der Waals surface area contributed by atoms with Crippen LogP contribution in [0.1, 0.15) is 19.8 Å². The lowest BCUT2D eigenvalue weighted by molar-refractivity contribution is 0.281. The first-order valence-corrected chi connectivity index (χ1v) is 8.47. The lowest BCUT2D eigenvalue weighted by Gasteiger charge is -2.30. The molecule has 0 saturated carbocycles. The summed E-state index contributed by atoms with van der Waals surface area (Å²) in [5.41, 5.74) is 0. The van der Waals surface area contributed by atoms with Crippen molar-refractivity contribution in [2.45, 2.75) is 24.7 Å². The first-order valence-electron chi connectivity index (χ1n) is 5.86. The van der Waals surface area contributed by atoms with Gasteiger partial charge in [-0.15, -0.1) is 0 Å². The second kappa shape index (κ2) is 5.49. The molecule has 1 saturated heterocycles. The molecule has 2 rings (SSSR count). The van der Waals surface area contributed by atoms with Crippen molar-refractivity contribution < 1.29 is 8.42 Å². The van der Waals surface area contributed by atoms with E-state index >= 15 is 0 Å². The summed E-state index contributed by atoms with van der Waals surface area (Å²) >= 11 is 9.31. The van der Waals surface area contributed by atoms with Crippen molar-refractivity contribution in [3.05, 3.63) is 27.7 Å². The Balaban J connectivity index is 2.35. The van der Waals surface area contributed by atoms with Crippen LogP contribution in [0.2, 0.25) is 5.02 Å². The standard InChI is InChI=1S/C12H15BrClNO2S/c1-9-3-2-6-15(8-9)18(16,17)12-5-4-10(13)7-11(12)14/h4-5,7,9H,2-3,6,8H2,1H3. The van der Waals surface area contributed by atoms with Gasteiger partial charge in [-0.3, -0.25) is 0 Å². The number of benzene rings is 1. The highest BCUT2D eigenvalue weighted by Gasteiger charge is 2.30. The largest absolute Gasteiger partial charge is 0.244 e. The van der Waals surface area contributed by atoms with Crippen molar-refractivity contribution in [1.29, 1.82) is 0 Å². The van der Waals surface area contributed by atoms with Crippen molar-refractivity contribution in [1.82, 2.24) is 4.31 Å². The van der Waals surface area contributed by atoms with Crippen LogP contribution in [0.5, 0.6) is 0 Å². The third kappa shape index (κ3) is 2.90. The molecule has 1 aliphatic rings. The van der Waals surface area contributed by atoms with E-state index in [0.717, 1.165) is 17.3 Å². The van der Waals surface area contributed by atoms with Crippen LogP contribution in [0.3, 0.4) is 0 Å². The van der Waals surface area contributed by atoms with E-state index in [1.54, 1.807) is 18.2 Å². The summed E-state index contributed by atoms with van der Waals surface area (Å²) in [4.78, 5) is 0.196. The maximum Gasteiger partial charge on any atom is 0.244 e. The summed E-state index contributed by atoms with van der Waals surface area (Å²) in [5, 5.41) is 0.266. The van der Waals surface area contributed by atoms with Gasteiger partial charge in [-0.25, -0.2) is 8.42 Å². The quantitative estimate of drug-likeness (QED) is 0.816. The van der Waals surface area contributed by atoms with Crippen LogP contribution in [0, 0.1) is 5.92 Å². The van der Waals surface area contributed by atoms with Crippen molar-refractivity contribution in [2.75, 3.05) is 13.1 Å². The monoisotopic (exact) mass is 351 g/mol. The van der Waals surface area contributed by atoms with E-state index in [4.69, 9.17) is 11.6 Å². The summed E-state index contributed by atoms with van der Waals surface area (Å²) in [6.07, 6.45) is 1.99. The molecule has 3 nitrogen and oxygen atoms in total. The van der Waals surface area contributed by atoms with Crippen molar-refractivity contribution in [3.8, 4) is 0 Å². The molecule has 0 aromatic heterocycles. The number of halogens is 2. The number of sulfonamides is 1. The van der Waals surface area contributed by atoms with Gasteiger partial charge in [0, 0.05) is 17.6 Å². The van der Waals surface area contributed by atoms with Crippen LogP contribution in [-0.2, 0) is 10.0 Å². The minimum atomic E-state index is -3.46. The lowest BCUT2D eigenvalue weighted by atomic mass is 10.0.